The molecule has 9 nitrogen and oxygen atoms in total. The highest BCUT2D eigenvalue weighted by Crippen LogP contribution is 2.22. The van der Waals surface area contributed by atoms with Gasteiger partial charge in [0.15, 0.2) is 0 Å². The lowest BCUT2D eigenvalue weighted by molar-refractivity contribution is -0.134. The number of amides is 1. The molecule has 3 heterocycles. The van der Waals surface area contributed by atoms with Crippen LogP contribution in [-0.4, -0.2) is 41.4 Å². The Morgan fingerprint density at radius 2 is 1.71 bits per heavy atom. The maximum absolute atomic E-state index is 14.1. The molecule has 0 bridgehead atoms. The summed E-state index contributed by atoms with van der Waals surface area (Å²) in [6, 6.07) is 13.0. The van der Waals surface area contributed by atoms with Gasteiger partial charge in [-0.2, -0.15) is 4.72 Å². The first-order valence-corrected chi connectivity index (χ1v) is 13.9. The molecule has 1 atom stereocenters. The zero-order valence-corrected chi connectivity index (χ0v) is 22.3. The third-order valence-corrected chi connectivity index (χ3v) is 7.92. The van der Waals surface area contributed by atoms with Gasteiger partial charge in [0.05, 0.1) is 23.7 Å². The van der Waals surface area contributed by atoms with Gasteiger partial charge in [-0.3, -0.25) is 4.79 Å². The maximum Gasteiger partial charge on any atom is 0.241 e. The number of benzene rings is 2. The first-order valence-electron chi connectivity index (χ1n) is 12.4. The van der Waals surface area contributed by atoms with Crippen molar-refractivity contribution in [3.05, 3.63) is 84.8 Å². The van der Waals surface area contributed by atoms with Crippen LogP contribution in [0.5, 0.6) is 0 Å². The minimum absolute atomic E-state index is 0.0648. The molecule has 0 saturated heterocycles. The van der Waals surface area contributed by atoms with Gasteiger partial charge < -0.3 is 18.3 Å². The molecule has 0 aliphatic heterocycles. The Hall–Kier alpha value is -3.89. The van der Waals surface area contributed by atoms with Gasteiger partial charge in [0, 0.05) is 49.2 Å². The van der Waals surface area contributed by atoms with Crippen molar-refractivity contribution < 1.29 is 22.0 Å². The quantitative estimate of drug-likeness (QED) is 0.283. The molecule has 3 aromatic heterocycles. The molecule has 0 saturated carbocycles. The fourth-order valence-electron chi connectivity index (χ4n) is 4.57. The lowest BCUT2D eigenvalue weighted by atomic mass is 10.1. The van der Waals surface area contributed by atoms with Crippen LogP contribution in [0.1, 0.15) is 25.1 Å². The van der Waals surface area contributed by atoms with Crippen molar-refractivity contribution in [2.75, 3.05) is 6.54 Å². The lowest BCUT2D eigenvalue weighted by Gasteiger charge is -2.29. The number of fused-ring (bicyclic) bond motifs is 2. The normalized spacial score (nSPS) is 12.9. The van der Waals surface area contributed by atoms with E-state index in [0.717, 1.165) is 22.2 Å². The summed E-state index contributed by atoms with van der Waals surface area (Å²) in [5, 5.41) is 1.61. The lowest BCUT2D eigenvalue weighted by Crippen LogP contribution is -2.50. The van der Waals surface area contributed by atoms with Crippen LogP contribution < -0.4 is 4.72 Å². The average molecular weight is 535 g/mol. The van der Waals surface area contributed by atoms with E-state index in [9.17, 15) is 13.2 Å². The van der Waals surface area contributed by atoms with Gasteiger partial charge >= 0.3 is 0 Å². The summed E-state index contributed by atoms with van der Waals surface area (Å²) in [5.41, 5.74) is 3.03. The fraction of sp³-hybridized carbons (Fsp3) is 0.286. The van der Waals surface area contributed by atoms with E-state index in [0.29, 0.717) is 24.1 Å². The van der Waals surface area contributed by atoms with Crippen molar-refractivity contribution >= 4 is 37.9 Å². The van der Waals surface area contributed by atoms with Crippen molar-refractivity contribution in [2.24, 2.45) is 13.0 Å². The van der Waals surface area contributed by atoms with Gasteiger partial charge in [0.25, 0.3) is 0 Å². The fourth-order valence-corrected chi connectivity index (χ4v) is 5.79. The molecule has 0 unspecified atom stereocenters. The first-order chi connectivity index (χ1) is 18.2. The van der Waals surface area contributed by atoms with E-state index in [4.69, 9.17) is 8.83 Å². The summed E-state index contributed by atoms with van der Waals surface area (Å²) < 4.78 is 42.3. The molecule has 0 spiro atoms. The second-order valence-electron chi connectivity index (χ2n) is 9.90. The van der Waals surface area contributed by atoms with Crippen molar-refractivity contribution in [3.63, 3.8) is 0 Å². The summed E-state index contributed by atoms with van der Waals surface area (Å²) >= 11 is 0. The van der Waals surface area contributed by atoms with Crippen molar-refractivity contribution in [1.82, 2.24) is 19.2 Å². The predicted molar refractivity (Wildman–Crippen MR) is 144 cm³/mol. The molecule has 5 rings (SSSR count). The second-order valence-corrected chi connectivity index (χ2v) is 11.6. The van der Waals surface area contributed by atoms with E-state index in [-0.39, 0.29) is 23.1 Å². The summed E-state index contributed by atoms with van der Waals surface area (Å²) in [6.07, 6.45) is 6.56. The standard InChI is InChI=1S/C28H30N4O5S/c1-19(2)16-32(17-20-4-6-26-21(12-20)8-10-36-26)28(33)25(14-23-15-29-18-31(23)3)30-38(34,35)24-5-7-27-22(13-24)9-11-37-27/h4-13,15,18-19,25,30H,14,16-17H2,1-3H3/t25-/m0/s1. The Balaban J connectivity index is 1.46. The molecule has 0 fully saturated rings. The highest BCUT2D eigenvalue weighted by Gasteiger charge is 2.31. The third kappa shape index (κ3) is 5.51. The van der Waals surface area contributed by atoms with Crippen LogP contribution in [0.25, 0.3) is 21.9 Å². The number of imidazole rings is 1. The average Bonchev–Trinajstić information content (AvgIpc) is 3.63. The summed E-state index contributed by atoms with van der Waals surface area (Å²) in [5.74, 6) is -0.130. The molecule has 1 amide bonds. The molecule has 0 aliphatic carbocycles. The first kappa shape index (κ1) is 25.7. The Morgan fingerprint density at radius 1 is 1.03 bits per heavy atom. The number of rotatable bonds is 10. The highest BCUT2D eigenvalue weighted by molar-refractivity contribution is 7.89. The maximum atomic E-state index is 14.1. The largest absolute Gasteiger partial charge is 0.464 e. The number of hydrogen-bond acceptors (Lipinski definition) is 6. The van der Waals surface area contributed by atoms with E-state index in [1.54, 1.807) is 46.5 Å². The molecule has 0 radical (unpaired) electrons. The summed E-state index contributed by atoms with van der Waals surface area (Å²) in [4.78, 5) is 20.0. The molecule has 0 aliphatic rings. The Morgan fingerprint density at radius 3 is 2.37 bits per heavy atom. The molecule has 38 heavy (non-hydrogen) atoms. The Kier molecular flexibility index (Phi) is 7.09. The van der Waals surface area contributed by atoms with Crippen LogP contribution in [0.4, 0.5) is 0 Å². The summed E-state index contributed by atoms with van der Waals surface area (Å²) in [6.45, 7) is 4.86. The SMILES string of the molecule is CC(C)CN(Cc1ccc2occc2c1)C(=O)[C@H](Cc1cncn1C)NS(=O)(=O)c1ccc2occc2c1. The van der Waals surface area contributed by atoms with E-state index >= 15 is 0 Å². The molecule has 198 valence electrons. The van der Waals surface area contributed by atoms with Gasteiger partial charge in [0.1, 0.15) is 17.2 Å². The Bertz CT molecular complexity index is 1680. The minimum atomic E-state index is -4.03. The number of hydrogen-bond donors (Lipinski definition) is 1. The van der Waals surface area contributed by atoms with Crippen LogP contribution in [0, 0.1) is 5.92 Å². The molecular formula is C28H30N4O5S. The molecule has 5 aromatic rings. The number of furan rings is 2. The van der Waals surface area contributed by atoms with Crippen molar-refractivity contribution in [1.29, 1.82) is 0 Å². The Labute approximate surface area is 221 Å². The number of nitrogens with zero attached hydrogens (tertiary/aromatic N) is 3. The van der Waals surface area contributed by atoms with E-state index in [1.807, 2.05) is 45.2 Å². The number of sulfonamides is 1. The highest BCUT2D eigenvalue weighted by atomic mass is 32.2. The molecular weight excluding hydrogens is 504 g/mol. The van der Waals surface area contributed by atoms with Crippen LogP contribution in [0.3, 0.4) is 0 Å². The topological polar surface area (TPSA) is 111 Å². The number of aryl methyl sites for hydroxylation is 1. The van der Waals surface area contributed by atoms with Gasteiger partial charge in [0.2, 0.25) is 15.9 Å². The second kappa shape index (κ2) is 10.5. The van der Waals surface area contributed by atoms with E-state index in [1.165, 1.54) is 12.3 Å². The van der Waals surface area contributed by atoms with Crippen molar-refractivity contribution in [3.8, 4) is 0 Å². The van der Waals surface area contributed by atoms with Crippen LogP contribution in [-0.2, 0) is 34.8 Å². The van der Waals surface area contributed by atoms with Gasteiger partial charge in [-0.15, -0.1) is 0 Å². The number of nitrogens with one attached hydrogen (secondary N) is 1. The predicted octanol–water partition coefficient (Wildman–Crippen LogP) is 4.49. The monoisotopic (exact) mass is 534 g/mol. The van der Waals surface area contributed by atoms with Gasteiger partial charge in [-0.25, -0.2) is 13.4 Å². The molecule has 2 aromatic carbocycles. The van der Waals surface area contributed by atoms with Crippen LogP contribution in [0.15, 0.2) is 87.3 Å². The van der Waals surface area contributed by atoms with Crippen LogP contribution >= 0.6 is 0 Å². The van der Waals surface area contributed by atoms with Gasteiger partial charge in [-0.05, 0) is 53.9 Å². The zero-order chi connectivity index (χ0) is 26.9. The van der Waals surface area contributed by atoms with Crippen molar-refractivity contribution in [2.45, 2.75) is 37.8 Å². The van der Waals surface area contributed by atoms with E-state index < -0.39 is 16.1 Å². The zero-order valence-electron chi connectivity index (χ0n) is 21.5. The number of aromatic nitrogens is 2. The van der Waals surface area contributed by atoms with Gasteiger partial charge in [-0.1, -0.05) is 19.9 Å². The number of carbonyl (C=O) groups is 1. The smallest absolute Gasteiger partial charge is 0.241 e. The number of carbonyl (C=O) groups excluding carboxylic acids is 1. The third-order valence-electron chi connectivity index (χ3n) is 6.45. The minimum Gasteiger partial charge on any atom is -0.464 e. The molecule has 10 heteroatoms. The summed E-state index contributed by atoms with van der Waals surface area (Å²) in [7, 11) is -2.21. The van der Waals surface area contributed by atoms with Crippen LogP contribution in [0.2, 0.25) is 0 Å². The van der Waals surface area contributed by atoms with E-state index in [2.05, 4.69) is 9.71 Å². The molecule has 1 N–H and O–H groups in total.